The summed E-state index contributed by atoms with van der Waals surface area (Å²) in [5.41, 5.74) is 3.83. The molecular formula is C24H34N4O3+2. The molecule has 0 bridgehead atoms. The minimum absolute atomic E-state index is 0.0804. The van der Waals surface area contributed by atoms with E-state index in [1.165, 1.54) is 9.80 Å². The number of aryl methyl sites for hydroxylation is 2. The lowest BCUT2D eigenvalue weighted by atomic mass is 10.0. The van der Waals surface area contributed by atoms with E-state index in [4.69, 9.17) is 4.74 Å². The van der Waals surface area contributed by atoms with Gasteiger partial charge in [0.15, 0.2) is 0 Å². The molecule has 0 aromatic heterocycles. The first-order valence-electron chi connectivity index (χ1n) is 10.8. The van der Waals surface area contributed by atoms with Crippen molar-refractivity contribution in [2.75, 3.05) is 52.2 Å². The van der Waals surface area contributed by atoms with E-state index >= 15 is 0 Å². The van der Waals surface area contributed by atoms with Crippen molar-refractivity contribution < 1.29 is 24.1 Å². The van der Waals surface area contributed by atoms with Crippen LogP contribution >= 0.6 is 0 Å². The lowest BCUT2D eigenvalue weighted by Crippen LogP contribution is -3.27. The third kappa shape index (κ3) is 6.06. The Morgan fingerprint density at radius 1 is 1.00 bits per heavy atom. The number of hydrogen-bond donors (Lipinski definition) is 4. The Labute approximate surface area is 184 Å². The summed E-state index contributed by atoms with van der Waals surface area (Å²) in [4.78, 5) is 27.9. The van der Waals surface area contributed by atoms with Crippen LogP contribution in [0.1, 0.15) is 22.7 Å². The van der Waals surface area contributed by atoms with Crippen molar-refractivity contribution in [3.63, 3.8) is 0 Å². The van der Waals surface area contributed by atoms with Crippen LogP contribution in [0.2, 0.25) is 0 Å². The molecule has 0 saturated carbocycles. The monoisotopic (exact) mass is 426 g/mol. The fourth-order valence-corrected chi connectivity index (χ4v) is 4.09. The molecule has 3 rings (SSSR count). The highest BCUT2D eigenvalue weighted by Gasteiger charge is 2.30. The molecule has 2 aromatic rings. The lowest BCUT2D eigenvalue weighted by Gasteiger charge is -2.33. The first-order chi connectivity index (χ1) is 14.9. The van der Waals surface area contributed by atoms with E-state index in [0.29, 0.717) is 12.2 Å². The number of methoxy groups -OCH3 is 1. The van der Waals surface area contributed by atoms with Gasteiger partial charge in [-0.2, -0.15) is 0 Å². The van der Waals surface area contributed by atoms with Gasteiger partial charge >= 0.3 is 11.8 Å². The molecule has 2 amide bonds. The Balaban J connectivity index is 1.66. The summed E-state index contributed by atoms with van der Waals surface area (Å²) >= 11 is 0. The summed E-state index contributed by atoms with van der Waals surface area (Å²) < 4.78 is 5.28. The normalized spacial score (nSPS) is 19.4. The largest absolute Gasteiger partial charge is 0.497 e. The third-order valence-corrected chi connectivity index (χ3v) is 6.06. The first kappa shape index (κ1) is 22.8. The van der Waals surface area contributed by atoms with Crippen LogP contribution in [0.15, 0.2) is 42.5 Å². The van der Waals surface area contributed by atoms with Crippen molar-refractivity contribution in [3.8, 4) is 5.75 Å². The summed E-state index contributed by atoms with van der Waals surface area (Å²) in [5, 5.41) is 5.58. The van der Waals surface area contributed by atoms with Crippen molar-refractivity contribution in [3.05, 3.63) is 59.2 Å². The first-order valence-corrected chi connectivity index (χ1v) is 10.8. The Kier molecular flexibility index (Phi) is 7.65. The fraction of sp³-hybridized carbons (Fsp3) is 0.417. The predicted octanol–water partition coefficient (Wildman–Crippen LogP) is -0.479. The van der Waals surface area contributed by atoms with Gasteiger partial charge in [0, 0.05) is 11.3 Å². The van der Waals surface area contributed by atoms with Gasteiger partial charge in [0.05, 0.1) is 20.7 Å². The van der Waals surface area contributed by atoms with Crippen LogP contribution in [0, 0.1) is 13.8 Å². The van der Waals surface area contributed by atoms with Crippen LogP contribution in [0.25, 0.3) is 0 Å². The number of carbonyl (C=O) groups is 2. The molecule has 1 aliphatic heterocycles. The minimum Gasteiger partial charge on any atom is -0.497 e. The van der Waals surface area contributed by atoms with E-state index in [9.17, 15) is 9.59 Å². The van der Waals surface area contributed by atoms with Crippen molar-refractivity contribution in [2.24, 2.45) is 0 Å². The second kappa shape index (κ2) is 10.4. The number of ether oxygens (including phenoxy) is 1. The summed E-state index contributed by atoms with van der Waals surface area (Å²) in [6, 6.07) is 13.8. The maximum atomic E-state index is 12.5. The molecule has 1 fully saturated rings. The highest BCUT2D eigenvalue weighted by atomic mass is 16.5. The molecule has 2 aromatic carbocycles. The Morgan fingerprint density at radius 3 is 2.29 bits per heavy atom. The van der Waals surface area contributed by atoms with Crippen LogP contribution in [-0.2, 0) is 9.59 Å². The number of nitrogens with one attached hydrogen (secondary N) is 4. The number of carbonyl (C=O) groups excluding carboxylic acids is 2. The Hall–Kier alpha value is -2.90. The Morgan fingerprint density at radius 2 is 1.68 bits per heavy atom. The van der Waals surface area contributed by atoms with Crippen molar-refractivity contribution in [2.45, 2.75) is 19.9 Å². The number of rotatable bonds is 6. The second-order valence-corrected chi connectivity index (χ2v) is 8.42. The predicted molar refractivity (Wildman–Crippen MR) is 121 cm³/mol. The third-order valence-electron chi connectivity index (χ3n) is 6.06. The summed E-state index contributed by atoms with van der Waals surface area (Å²) in [6.07, 6.45) is 0. The van der Waals surface area contributed by atoms with Crippen LogP contribution in [-0.4, -0.2) is 58.7 Å². The topological polar surface area (TPSA) is 76.3 Å². The number of anilines is 1. The molecule has 0 spiro atoms. The molecule has 7 nitrogen and oxygen atoms in total. The number of amides is 2. The molecule has 166 valence electrons. The van der Waals surface area contributed by atoms with Crippen LogP contribution < -0.4 is 25.2 Å². The number of piperazine rings is 1. The maximum absolute atomic E-state index is 12.5. The van der Waals surface area contributed by atoms with Crippen molar-refractivity contribution in [1.29, 1.82) is 0 Å². The van der Waals surface area contributed by atoms with Gasteiger partial charge < -0.3 is 25.2 Å². The van der Waals surface area contributed by atoms with E-state index in [1.54, 1.807) is 7.11 Å². The second-order valence-electron chi connectivity index (χ2n) is 8.42. The molecule has 0 radical (unpaired) electrons. The molecule has 1 aliphatic rings. The van der Waals surface area contributed by atoms with Gasteiger partial charge in [0.2, 0.25) is 0 Å². The standard InChI is InChI=1S/C24H32N4O3/c1-17-5-10-21(18(2)15-17)26-24(30)23(29)25-16-22(28-13-11-27(3)12-14-28)19-6-8-20(31-4)9-7-19/h5-10,15,22H,11-14,16H2,1-4H3,(H,25,29)(H,26,30)/p+2/t22-/m0/s1. The van der Waals surface area contributed by atoms with Crippen LogP contribution in [0.3, 0.4) is 0 Å². The van der Waals surface area contributed by atoms with E-state index in [0.717, 1.165) is 48.6 Å². The number of benzene rings is 2. The summed E-state index contributed by atoms with van der Waals surface area (Å²) in [5.74, 6) is -0.451. The molecule has 0 aliphatic carbocycles. The van der Waals surface area contributed by atoms with Gasteiger partial charge in [0.1, 0.15) is 38.0 Å². The molecule has 1 saturated heterocycles. The van der Waals surface area contributed by atoms with Crippen molar-refractivity contribution in [1.82, 2.24) is 5.32 Å². The van der Waals surface area contributed by atoms with Gasteiger partial charge in [-0.3, -0.25) is 9.59 Å². The fourth-order valence-electron chi connectivity index (χ4n) is 4.09. The molecule has 4 N–H and O–H groups in total. The van der Waals surface area contributed by atoms with E-state index in [2.05, 4.69) is 17.7 Å². The number of likely N-dealkylation sites (N-methyl/N-ethyl adjacent to an activating group) is 1. The van der Waals surface area contributed by atoms with E-state index in [1.807, 2.05) is 56.3 Å². The zero-order valence-corrected chi connectivity index (χ0v) is 18.9. The quantitative estimate of drug-likeness (QED) is 0.472. The summed E-state index contributed by atoms with van der Waals surface area (Å²) in [7, 11) is 3.86. The highest BCUT2D eigenvalue weighted by Crippen LogP contribution is 2.17. The average molecular weight is 427 g/mol. The zero-order chi connectivity index (χ0) is 22.4. The molecule has 31 heavy (non-hydrogen) atoms. The molecule has 1 atom stereocenters. The van der Waals surface area contributed by atoms with Gasteiger partial charge in [0.25, 0.3) is 0 Å². The van der Waals surface area contributed by atoms with Crippen LogP contribution in [0.5, 0.6) is 5.75 Å². The van der Waals surface area contributed by atoms with Crippen molar-refractivity contribution >= 4 is 17.5 Å². The highest BCUT2D eigenvalue weighted by molar-refractivity contribution is 6.39. The smallest absolute Gasteiger partial charge is 0.313 e. The molecular weight excluding hydrogens is 392 g/mol. The molecule has 0 unspecified atom stereocenters. The lowest BCUT2D eigenvalue weighted by molar-refractivity contribution is -1.02. The molecule has 1 heterocycles. The van der Waals surface area contributed by atoms with Gasteiger partial charge in [-0.1, -0.05) is 17.7 Å². The Bertz CT molecular complexity index is 906. The van der Waals surface area contributed by atoms with Gasteiger partial charge in [-0.05, 0) is 49.7 Å². The average Bonchev–Trinajstić information content (AvgIpc) is 2.77. The van der Waals surface area contributed by atoms with E-state index < -0.39 is 11.8 Å². The number of quaternary nitrogens is 2. The zero-order valence-electron chi connectivity index (χ0n) is 18.9. The van der Waals surface area contributed by atoms with Crippen LogP contribution in [0.4, 0.5) is 5.69 Å². The summed E-state index contributed by atoms with van der Waals surface area (Å²) in [6.45, 7) is 8.53. The maximum Gasteiger partial charge on any atom is 0.313 e. The number of hydrogen-bond acceptors (Lipinski definition) is 3. The van der Waals surface area contributed by atoms with Gasteiger partial charge in [-0.25, -0.2) is 0 Å². The van der Waals surface area contributed by atoms with E-state index in [-0.39, 0.29) is 6.04 Å². The minimum atomic E-state index is -0.641. The molecule has 7 heteroatoms. The van der Waals surface area contributed by atoms with Gasteiger partial charge in [-0.15, -0.1) is 0 Å². The SMILES string of the molecule is COc1ccc([C@H](CNC(=O)C(=O)Nc2ccc(C)cc2C)[NH+]2CC[NH+](C)CC2)cc1.